The monoisotopic (exact) mass is 183 g/mol. The van der Waals surface area contributed by atoms with Crippen LogP contribution in [-0.4, -0.2) is 4.98 Å². The maximum Gasteiger partial charge on any atom is 0.0464 e. The van der Waals surface area contributed by atoms with E-state index in [2.05, 4.69) is 41.4 Å². The summed E-state index contributed by atoms with van der Waals surface area (Å²) in [5, 5.41) is 4.07. The van der Waals surface area contributed by atoms with E-state index < -0.39 is 0 Å². The quantitative estimate of drug-likeness (QED) is 0.642. The SMILES string of the molecule is C1=c2[nH]c3ccccc3c2=CCCC1. The van der Waals surface area contributed by atoms with Crippen molar-refractivity contribution in [2.24, 2.45) is 0 Å². The molecule has 0 radical (unpaired) electrons. The summed E-state index contributed by atoms with van der Waals surface area (Å²) in [6.45, 7) is 0. The second-order valence-corrected chi connectivity index (χ2v) is 3.84. The van der Waals surface area contributed by atoms with E-state index in [0.29, 0.717) is 0 Å². The molecule has 14 heavy (non-hydrogen) atoms. The number of para-hydroxylation sites is 1. The van der Waals surface area contributed by atoms with Gasteiger partial charge in [-0.1, -0.05) is 30.4 Å². The number of hydrogen-bond acceptors (Lipinski definition) is 0. The average Bonchev–Trinajstić information content (AvgIpc) is 2.42. The van der Waals surface area contributed by atoms with Crippen molar-refractivity contribution >= 4 is 23.1 Å². The first-order chi connectivity index (χ1) is 6.95. The Hall–Kier alpha value is -1.50. The third kappa shape index (κ3) is 1.09. The second-order valence-electron chi connectivity index (χ2n) is 3.84. The summed E-state index contributed by atoms with van der Waals surface area (Å²) in [5.74, 6) is 0. The van der Waals surface area contributed by atoms with Gasteiger partial charge in [0.2, 0.25) is 0 Å². The molecule has 0 saturated carbocycles. The van der Waals surface area contributed by atoms with Crippen molar-refractivity contribution in [2.45, 2.75) is 19.3 Å². The lowest BCUT2D eigenvalue weighted by molar-refractivity contribution is 0.924. The number of nitrogens with one attached hydrogen (secondary N) is 1. The minimum Gasteiger partial charge on any atom is -0.355 e. The van der Waals surface area contributed by atoms with Crippen LogP contribution in [0.3, 0.4) is 0 Å². The first-order valence-electron chi connectivity index (χ1n) is 5.22. The minimum absolute atomic E-state index is 1.19. The van der Waals surface area contributed by atoms with Gasteiger partial charge in [0.05, 0.1) is 0 Å². The van der Waals surface area contributed by atoms with E-state index in [4.69, 9.17) is 0 Å². The van der Waals surface area contributed by atoms with Crippen molar-refractivity contribution in [2.75, 3.05) is 0 Å². The fraction of sp³-hybridized carbons (Fsp3) is 0.231. The smallest absolute Gasteiger partial charge is 0.0464 e. The lowest BCUT2D eigenvalue weighted by atomic mass is 10.2. The van der Waals surface area contributed by atoms with Crippen molar-refractivity contribution in [1.29, 1.82) is 0 Å². The van der Waals surface area contributed by atoms with Crippen molar-refractivity contribution in [1.82, 2.24) is 4.98 Å². The lowest BCUT2D eigenvalue weighted by Crippen LogP contribution is -2.21. The molecule has 1 aromatic carbocycles. The fourth-order valence-corrected chi connectivity index (χ4v) is 2.18. The molecule has 1 heteroatoms. The van der Waals surface area contributed by atoms with Crippen LogP contribution < -0.4 is 10.6 Å². The Balaban J connectivity index is 2.53. The summed E-state index contributed by atoms with van der Waals surface area (Å²) in [4.78, 5) is 3.47. The van der Waals surface area contributed by atoms with E-state index in [0.717, 1.165) is 0 Å². The number of hydrogen-bond donors (Lipinski definition) is 1. The van der Waals surface area contributed by atoms with Crippen molar-refractivity contribution in [3.05, 3.63) is 34.8 Å². The second kappa shape index (κ2) is 3.02. The molecule has 1 aliphatic rings. The van der Waals surface area contributed by atoms with Gasteiger partial charge in [-0.2, -0.15) is 0 Å². The number of aromatic amines is 1. The summed E-state index contributed by atoms with van der Waals surface area (Å²) in [6.07, 6.45) is 8.34. The van der Waals surface area contributed by atoms with Gasteiger partial charge in [0, 0.05) is 21.5 Å². The van der Waals surface area contributed by atoms with Gasteiger partial charge in [-0.25, -0.2) is 0 Å². The highest BCUT2D eigenvalue weighted by molar-refractivity contribution is 5.81. The molecular weight excluding hydrogens is 170 g/mol. The van der Waals surface area contributed by atoms with Crippen LogP contribution in [0.1, 0.15) is 19.3 Å². The molecule has 0 saturated heterocycles. The molecule has 70 valence electrons. The van der Waals surface area contributed by atoms with Crippen molar-refractivity contribution in [3.63, 3.8) is 0 Å². The van der Waals surface area contributed by atoms with Gasteiger partial charge >= 0.3 is 0 Å². The summed E-state index contributed by atoms with van der Waals surface area (Å²) in [5.41, 5.74) is 1.26. The largest absolute Gasteiger partial charge is 0.355 e. The Labute approximate surface area is 82.8 Å². The molecule has 0 unspecified atom stereocenters. The van der Waals surface area contributed by atoms with Gasteiger partial charge in [-0.3, -0.25) is 0 Å². The van der Waals surface area contributed by atoms with Crippen molar-refractivity contribution in [3.8, 4) is 0 Å². The normalized spacial score (nSPS) is 15.4. The van der Waals surface area contributed by atoms with Crippen LogP contribution in [0.25, 0.3) is 23.1 Å². The zero-order chi connectivity index (χ0) is 9.38. The number of benzene rings is 1. The molecule has 1 N–H and O–H groups in total. The molecule has 1 heterocycles. The fourth-order valence-electron chi connectivity index (χ4n) is 2.18. The van der Waals surface area contributed by atoms with Crippen LogP contribution in [0, 0.1) is 0 Å². The van der Waals surface area contributed by atoms with Crippen LogP contribution in [-0.2, 0) is 0 Å². The highest BCUT2D eigenvalue weighted by atomic mass is 14.7. The molecule has 3 rings (SSSR count). The van der Waals surface area contributed by atoms with Crippen LogP contribution in [0.2, 0.25) is 0 Å². The number of rotatable bonds is 0. The van der Waals surface area contributed by atoms with Crippen LogP contribution in [0.4, 0.5) is 0 Å². The maximum absolute atomic E-state index is 3.47. The zero-order valence-corrected chi connectivity index (χ0v) is 8.09. The number of fused-ring (bicyclic) bond motifs is 3. The number of aromatic nitrogens is 1. The molecular formula is C13H13N. The standard InChI is InChI=1S/C13H13N/c1-2-6-10-11-7-4-5-9-13(11)14-12(10)8-3-1/h4-9,14H,1-3H2. The Morgan fingerprint density at radius 1 is 1.00 bits per heavy atom. The Morgan fingerprint density at radius 3 is 2.86 bits per heavy atom. The summed E-state index contributed by atoms with van der Waals surface area (Å²) < 4.78 is 0. The third-order valence-electron chi connectivity index (χ3n) is 2.88. The zero-order valence-electron chi connectivity index (χ0n) is 8.09. The van der Waals surface area contributed by atoms with E-state index in [1.165, 1.54) is 40.7 Å². The van der Waals surface area contributed by atoms with Gasteiger partial charge in [0.25, 0.3) is 0 Å². The third-order valence-corrected chi connectivity index (χ3v) is 2.88. The molecule has 0 bridgehead atoms. The number of H-pyrrole nitrogens is 1. The molecule has 0 fully saturated rings. The Morgan fingerprint density at radius 2 is 1.86 bits per heavy atom. The van der Waals surface area contributed by atoms with Crippen LogP contribution in [0.5, 0.6) is 0 Å². The van der Waals surface area contributed by atoms with Gasteiger partial charge in [-0.15, -0.1) is 0 Å². The molecule has 1 aliphatic carbocycles. The van der Waals surface area contributed by atoms with Gasteiger partial charge < -0.3 is 4.98 Å². The summed E-state index contributed by atoms with van der Waals surface area (Å²) >= 11 is 0. The summed E-state index contributed by atoms with van der Waals surface area (Å²) in [6, 6.07) is 8.53. The van der Waals surface area contributed by atoms with Crippen LogP contribution in [0.15, 0.2) is 24.3 Å². The van der Waals surface area contributed by atoms with Crippen molar-refractivity contribution < 1.29 is 0 Å². The summed E-state index contributed by atoms with van der Waals surface area (Å²) in [7, 11) is 0. The Bertz CT molecular complexity index is 575. The van der Waals surface area contributed by atoms with E-state index in [1.54, 1.807) is 0 Å². The minimum atomic E-state index is 1.19. The Kier molecular flexibility index (Phi) is 1.69. The van der Waals surface area contributed by atoms with Gasteiger partial charge in [-0.05, 0) is 25.3 Å². The van der Waals surface area contributed by atoms with Gasteiger partial charge in [0.15, 0.2) is 0 Å². The predicted molar refractivity (Wildman–Crippen MR) is 60.3 cm³/mol. The van der Waals surface area contributed by atoms with E-state index in [1.807, 2.05) is 0 Å². The first kappa shape index (κ1) is 7.86. The molecule has 0 spiro atoms. The molecule has 1 nitrogen and oxygen atoms in total. The van der Waals surface area contributed by atoms with Gasteiger partial charge in [0.1, 0.15) is 0 Å². The molecule has 2 aromatic rings. The maximum atomic E-state index is 3.47. The van der Waals surface area contributed by atoms with E-state index in [-0.39, 0.29) is 0 Å². The highest BCUT2D eigenvalue weighted by Crippen LogP contribution is 2.06. The first-order valence-corrected chi connectivity index (χ1v) is 5.22. The molecule has 1 aromatic heterocycles. The topological polar surface area (TPSA) is 15.8 Å². The molecule has 0 aliphatic heterocycles. The molecule has 0 atom stereocenters. The highest BCUT2D eigenvalue weighted by Gasteiger charge is 2.00. The van der Waals surface area contributed by atoms with E-state index >= 15 is 0 Å². The van der Waals surface area contributed by atoms with E-state index in [9.17, 15) is 0 Å². The average molecular weight is 183 g/mol. The van der Waals surface area contributed by atoms with Crippen LogP contribution >= 0.6 is 0 Å². The lowest BCUT2D eigenvalue weighted by Gasteiger charge is -1.88. The predicted octanol–water partition coefficient (Wildman–Crippen LogP) is 1.91. The molecule has 0 amide bonds.